The van der Waals surface area contributed by atoms with E-state index in [1.807, 2.05) is 12.1 Å². The number of aliphatic hydroxyl groups is 1. The van der Waals surface area contributed by atoms with Crippen LogP contribution in [-0.2, 0) is 4.79 Å². The molecule has 2 aromatic rings. The molecule has 0 aliphatic carbocycles. The van der Waals surface area contributed by atoms with Crippen molar-refractivity contribution in [1.82, 2.24) is 9.59 Å². The fourth-order valence-electron chi connectivity index (χ4n) is 1.47. The van der Waals surface area contributed by atoms with Crippen molar-refractivity contribution in [1.29, 1.82) is 0 Å². The molecule has 1 atom stereocenters. The molecule has 0 fully saturated rings. The number of aliphatic hydroxyl groups excluding tert-OH is 1. The number of benzene rings is 1. The number of rotatable bonds is 4. The molecule has 0 bridgehead atoms. The minimum atomic E-state index is -0.846. The predicted molar refractivity (Wildman–Crippen MR) is 64.1 cm³/mol. The van der Waals surface area contributed by atoms with Crippen molar-refractivity contribution in [2.24, 2.45) is 5.73 Å². The van der Waals surface area contributed by atoms with Gasteiger partial charge in [0.05, 0.1) is 23.6 Å². The monoisotopic (exact) mass is 249 g/mol. The number of carbonyl (C=O) groups excluding carboxylic acids is 1. The quantitative estimate of drug-likeness (QED) is 0.849. The molecule has 0 saturated carbocycles. The number of nitrogens with zero attached hydrogens (tertiary/aromatic N) is 2. The minimum Gasteiger partial charge on any atom is -0.388 e. The predicted octanol–water partition coefficient (Wildman–Crippen LogP) is 1.11. The molecule has 88 valence electrons. The summed E-state index contributed by atoms with van der Waals surface area (Å²) in [5, 5.41) is 13.4. The highest BCUT2D eigenvalue weighted by molar-refractivity contribution is 7.09. The summed E-state index contributed by atoms with van der Waals surface area (Å²) in [7, 11) is 0. The summed E-state index contributed by atoms with van der Waals surface area (Å²) >= 11 is 1.30. The summed E-state index contributed by atoms with van der Waals surface area (Å²) in [6.07, 6.45) is 0.766. The number of carbonyl (C=O) groups is 1. The van der Waals surface area contributed by atoms with Crippen LogP contribution < -0.4 is 5.73 Å². The van der Waals surface area contributed by atoms with Crippen LogP contribution in [0.25, 0.3) is 10.4 Å². The van der Waals surface area contributed by atoms with Crippen LogP contribution in [0.15, 0.2) is 30.5 Å². The Hall–Kier alpha value is -1.79. The third-order valence-electron chi connectivity index (χ3n) is 2.34. The zero-order chi connectivity index (χ0) is 12.3. The lowest BCUT2D eigenvalue weighted by Crippen LogP contribution is -2.14. The maximum Gasteiger partial charge on any atom is 0.220 e. The maximum atomic E-state index is 10.7. The number of primary amides is 1. The van der Waals surface area contributed by atoms with Gasteiger partial charge in [0.25, 0.3) is 0 Å². The van der Waals surface area contributed by atoms with Crippen LogP contribution in [0.5, 0.6) is 0 Å². The lowest BCUT2D eigenvalue weighted by Gasteiger charge is -2.08. The fraction of sp³-hybridized carbons (Fsp3) is 0.182. The summed E-state index contributed by atoms with van der Waals surface area (Å²) in [5.41, 5.74) is 6.68. The molecule has 0 radical (unpaired) electrons. The summed E-state index contributed by atoms with van der Waals surface area (Å²) in [6, 6.07) is 7.24. The SMILES string of the molecule is NC(=O)CC(O)c1ccc(-c2cnns2)cc1. The van der Waals surface area contributed by atoms with Gasteiger partial charge in [-0.15, -0.1) is 5.10 Å². The lowest BCUT2D eigenvalue weighted by molar-refractivity contribution is -0.119. The number of hydrogen-bond donors (Lipinski definition) is 2. The van der Waals surface area contributed by atoms with E-state index in [0.717, 1.165) is 10.4 Å². The van der Waals surface area contributed by atoms with E-state index >= 15 is 0 Å². The molecule has 1 aromatic carbocycles. The van der Waals surface area contributed by atoms with E-state index in [2.05, 4.69) is 9.59 Å². The molecular formula is C11H11N3O2S. The Kier molecular flexibility index (Phi) is 3.46. The maximum absolute atomic E-state index is 10.7. The summed E-state index contributed by atoms with van der Waals surface area (Å²) in [5.74, 6) is -0.520. The van der Waals surface area contributed by atoms with Crippen molar-refractivity contribution in [2.75, 3.05) is 0 Å². The third-order valence-corrected chi connectivity index (χ3v) is 3.05. The highest BCUT2D eigenvalue weighted by Gasteiger charge is 2.10. The van der Waals surface area contributed by atoms with Crippen molar-refractivity contribution < 1.29 is 9.90 Å². The van der Waals surface area contributed by atoms with Gasteiger partial charge in [0.15, 0.2) is 0 Å². The van der Waals surface area contributed by atoms with Gasteiger partial charge >= 0.3 is 0 Å². The molecule has 6 heteroatoms. The van der Waals surface area contributed by atoms with E-state index in [4.69, 9.17) is 5.73 Å². The third kappa shape index (κ3) is 2.86. The molecule has 0 spiro atoms. The molecule has 0 aliphatic rings. The first-order chi connectivity index (χ1) is 8.16. The molecule has 1 aromatic heterocycles. The van der Waals surface area contributed by atoms with Gasteiger partial charge in [0.2, 0.25) is 5.91 Å². The van der Waals surface area contributed by atoms with Crippen molar-refractivity contribution in [2.45, 2.75) is 12.5 Å². The van der Waals surface area contributed by atoms with Gasteiger partial charge in [0.1, 0.15) is 0 Å². The molecule has 1 heterocycles. The number of aromatic nitrogens is 2. The second-order valence-corrected chi connectivity index (χ2v) is 4.38. The van der Waals surface area contributed by atoms with E-state index in [1.54, 1.807) is 18.3 Å². The topological polar surface area (TPSA) is 89.1 Å². The van der Waals surface area contributed by atoms with E-state index in [-0.39, 0.29) is 6.42 Å². The Morgan fingerprint density at radius 3 is 2.65 bits per heavy atom. The van der Waals surface area contributed by atoms with Gasteiger partial charge in [0, 0.05) is 0 Å². The largest absolute Gasteiger partial charge is 0.388 e. The molecule has 17 heavy (non-hydrogen) atoms. The molecule has 1 amide bonds. The Morgan fingerprint density at radius 1 is 1.41 bits per heavy atom. The van der Waals surface area contributed by atoms with Gasteiger partial charge in [-0.05, 0) is 22.7 Å². The molecule has 5 nitrogen and oxygen atoms in total. The Balaban J connectivity index is 2.15. The first-order valence-corrected chi connectivity index (χ1v) is 5.78. The number of amides is 1. The highest BCUT2D eigenvalue weighted by atomic mass is 32.1. The van der Waals surface area contributed by atoms with Gasteiger partial charge in [-0.3, -0.25) is 4.79 Å². The molecule has 3 N–H and O–H groups in total. The van der Waals surface area contributed by atoms with Gasteiger partial charge < -0.3 is 10.8 Å². The van der Waals surface area contributed by atoms with Gasteiger partial charge in [-0.25, -0.2) is 0 Å². The van der Waals surface area contributed by atoms with E-state index in [1.165, 1.54) is 11.5 Å². The smallest absolute Gasteiger partial charge is 0.220 e. The average Bonchev–Trinajstić information content (AvgIpc) is 2.82. The second-order valence-electron chi connectivity index (χ2n) is 3.59. The van der Waals surface area contributed by atoms with Crippen LogP contribution in [0, 0.1) is 0 Å². The summed E-state index contributed by atoms with van der Waals surface area (Å²) < 4.78 is 3.78. The fourth-order valence-corrected chi connectivity index (χ4v) is 1.99. The first kappa shape index (κ1) is 11.7. The van der Waals surface area contributed by atoms with E-state index in [9.17, 15) is 9.90 Å². The van der Waals surface area contributed by atoms with Crippen LogP contribution >= 0.6 is 11.5 Å². The second kappa shape index (κ2) is 5.03. The number of hydrogen-bond acceptors (Lipinski definition) is 5. The van der Waals surface area contributed by atoms with E-state index < -0.39 is 12.0 Å². The zero-order valence-corrected chi connectivity index (χ0v) is 9.72. The van der Waals surface area contributed by atoms with Crippen molar-refractivity contribution in [3.63, 3.8) is 0 Å². The highest BCUT2D eigenvalue weighted by Crippen LogP contribution is 2.24. The molecule has 0 aliphatic heterocycles. The Morgan fingerprint density at radius 2 is 2.12 bits per heavy atom. The molecule has 0 saturated heterocycles. The lowest BCUT2D eigenvalue weighted by atomic mass is 10.0. The number of nitrogens with two attached hydrogens (primary N) is 1. The van der Waals surface area contributed by atoms with Gasteiger partial charge in [-0.1, -0.05) is 28.8 Å². The molecular weight excluding hydrogens is 238 g/mol. The Labute approximate surface area is 102 Å². The zero-order valence-electron chi connectivity index (χ0n) is 8.91. The normalized spacial score (nSPS) is 12.3. The van der Waals surface area contributed by atoms with Crippen molar-refractivity contribution in [3.8, 4) is 10.4 Å². The van der Waals surface area contributed by atoms with Crippen molar-refractivity contribution >= 4 is 17.4 Å². The van der Waals surface area contributed by atoms with Crippen LogP contribution in [0.3, 0.4) is 0 Å². The van der Waals surface area contributed by atoms with Crippen LogP contribution in [0.2, 0.25) is 0 Å². The summed E-state index contributed by atoms with van der Waals surface area (Å²) in [6.45, 7) is 0. The Bertz CT molecular complexity index is 496. The first-order valence-electron chi connectivity index (χ1n) is 5.01. The van der Waals surface area contributed by atoms with Crippen LogP contribution in [0.4, 0.5) is 0 Å². The van der Waals surface area contributed by atoms with Crippen LogP contribution in [0.1, 0.15) is 18.1 Å². The van der Waals surface area contributed by atoms with Gasteiger partial charge in [-0.2, -0.15) is 0 Å². The molecule has 1 unspecified atom stereocenters. The van der Waals surface area contributed by atoms with Crippen molar-refractivity contribution in [3.05, 3.63) is 36.0 Å². The standard InChI is InChI=1S/C11H11N3O2S/c12-11(16)5-9(15)7-1-3-8(4-2-7)10-6-13-14-17-10/h1-4,6,9,15H,5H2,(H2,12,16). The minimum absolute atomic E-state index is 0.0680. The van der Waals surface area contributed by atoms with Crippen LogP contribution in [-0.4, -0.2) is 20.6 Å². The summed E-state index contributed by atoms with van der Waals surface area (Å²) in [4.78, 5) is 11.6. The van der Waals surface area contributed by atoms with E-state index in [0.29, 0.717) is 5.56 Å². The molecule has 2 rings (SSSR count). The average molecular weight is 249 g/mol.